The fourth-order valence-electron chi connectivity index (χ4n) is 3.93. The Morgan fingerprint density at radius 2 is 1.58 bits per heavy atom. The molecule has 202 valence electrons. The van der Waals surface area contributed by atoms with Gasteiger partial charge in [0.1, 0.15) is 18.1 Å². The summed E-state index contributed by atoms with van der Waals surface area (Å²) in [5.74, 6) is -0.0527. The summed E-state index contributed by atoms with van der Waals surface area (Å²) in [4.78, 5) is 12.9. The van der Waals surface area contributed by atoms with E-state index in [2.05, 4.69) is 4.90 Å². The van der Waals surface area contributed by atoms with Crippen molar-refractivity contribution in [3.63, 3.8) is 0 Å². The fraction of sp³-hybridized carbons (Fsp3) is 0.300. The van der Waals surface area contributed by atoms with Gasteiger partial charge in [0.15, 0.2) is 6.61 Å². The normalized spacial score (nSPS) is 12.0. The van der Waals surface area contributed by atoms with E-state index < -0.39 is 24.3 Å². The second-order valence-corrected chi connectivity index (χ2v) is 9.22. The molecule has 8 heteroatoms. The zero-order chi connectivity index (χ0) is 27.7. The second-order valence-electron chi connectivity index (χ2n) is 9.22. The molecule has 0 radical (unpaired) electrons. The average Bonchev–Trinajstić information content (AvgIpc) is 2.86. The maximum absolute atomic E-state index is 13.1. The lowest BCUT2D eigenvalue weighted by Gasteiger charge is -2.14. The van der Waals surface area contributed by atoms with E-state index in [9.17, 15) is 18.0 Å². The number of carboxylic acid groups (broad SMARTS) is 1. The number of ether oxygens (including phenoxy) is 2. The quantitative estimate of drug-likeness (QED) is 0.292. The number of nitrogens with zero attached hydrogens (tertiary/aromatic N) is 1. The Labute approximate surface area is 221 Å². The molecule has 3 aromatic carbocycles. The number of hydrogen-bond acceptors (Lipinski definition) is 4. The summed E-state index contributed by atoms with van der Waals surface area (Å²) in [6, 6.07) is 18.2. The number of aryl methyl sites for hydroxylation is 2. The first-order chi connectivity index (χ1) is 18.0. The van der Waals surface area contributed by atoms with Crippen molar-refractivity contribution in [1.29, 1.82) is 0 Å². The van der Waals surface area contributed by atoms with Crippen molar-refractivity contribution in [2.75, 3.05) is 33.9 Å². The molecule has 3 rings (SSSR count). The van der Waals surface area contributed by atoms with Crippen LogP contribution in [-0.2, 0) is 17.4 Å². The maximum atomic E-state index is 13.1. The van der Waals surface area contributed by atoms with E-state index in [0.717, 1.165) is 48.2 Å². The van der Waals surface area contributed by atoms with Gasteiger partial charge in [0.25, 0.3) is 0 Å². The highest BCUT2D eigenvalue weighted by molar-refractivity contribution is 5.80. The van der Waals surface area contributed by atoms with Crippen LogP contribution in [-0.4, -0.2) is 49.8 Å². The summed E-state index contributed by atoms with van der Waals surface area (Å²) in [5, 5.41) is 8.79. The van der Waals surface area contributed by atoms with Crippen LogP contribution < -0.4 is 9.47 Å². The molecule has 38 heavy (non-hydrogen) atoms. The van der Waals surface area contributed by atoms with Crippen LogP contribution in [0.3, 0.4) is 0 Å². The highest BCUT2D eigenvalue weighted by atomic mass is 19.4. The van der Waals surface area contributed by atoms with Crippen LogP contribution in [0.2, 0.25) is 0 Å². The Morgan fingerprint density at radius 1 is 0.947 bits per heavy atom. The van der Waals surface area contributed by atoms with Crippen molar-refractivity contribution in [1.82, 2.24) is 4.90 Å². The Bertz CT molecular complexity index is 1230. The third kappa shape index (κ3) is 8.66. The van der Waals surface area contributed by atoms with Gasteiger partial charge in [0.2, 0.25) is 0 Å². The molecule has 0 saturated heterocycles. The van der Waals surface area contributed by atoms with Gasteiger partial charge in [0, 0.05) is 0 Å². The molecule has 5 nitrogen and oxygen atoms in total. The van der Waals surface area contributed by atoms with E-state index in [1.807, 2.05) is 44.4 Å². The standard InChI is InChI=1S/C30H32F3NO4/c1-21-19-26(14-15-28(21)38-20-29(35)36)37-18-16-27(24-10-12-25(13-11-24)30(31,32)33)23-8-6-22(7-9-23)5-4-17-34(2)3/h6-16,19H,4-5,17-18,20H2,1-3H3,(H,35,36)/b27-16+. The minimum absolute atomic E-state index is 0.176. The van der Waals surface area contributed by atoms with Crippen LogP contribution in [0.5, 0.6) is 11.5 Å². The molecule has 0 heterocycles. The number of carboxylic acids is 1. The highest BCUT2D eigenvalue weighted by Gasteiger charge is 2.30. The Hall–Kier alpha value is -3.78. The van der Waals surface area contributed by atoms with Gasteiger partial charge in [0.05, 0.1) is 5.56 Å². The van der Waals surface area contributed by atoms with E-state index >= 15 is 0 Å². The van der Waals surface area contributed by atoms with Crippen LogP contribution >= 0.6 is 0 Å². The second kappa shape index (κ2) is 13.1. The molecule has 0 aliphatic rings. The minimum atomic E-state index is -4.40. The topological polar surface area (TPSA) is 59.0 Å². The van der Waals surface area contributed by atoms with Crippen LogP contribution in [0.15, 0.2) is 72.8 Å². The number of carbonyl (C=O) groups is 1. The predicted octanol–water partition coefficient (Wildman–Crippen LogP) is 6.48. The zero-order valence-corrected chi connectivity index (χ0v) is 21.7. The lowest BCUT2D eigenvalue weighted by molar-refractivity contribution is -0.139. The number of benzene rings is 3. The smallest absolute Gasteiger partial charge is 0.416 e. The fourth-order valence-corrected chi connectivity index (χ4v) is 3.93. The van der Waals surface area contributed by atoms with Gasteiger partial charge in [-0.25, -0.2) is 4.79 Å². The van der Waals surface area contributed by atoms with Crippen molar-refractivity contribution in [3.05, 3.63) is 101 Å². The van der Waals surface area contributed by atoms with E-state index in [1.165, 1.54) is 17.7 Å². The Balaban J connectivity index is 1.80. The zero-order valence-electron chi connectivity index (χ0n) is 21.7. The average molecular weight is 528 g/mol. The van der Waals surface area contributed by atoms with Crippen LogP contribution in [0.25, 0.3) is 5.57 Å². The number of rotatable bonds is 12. The molecular formula is C30H32F3NO4. The SMILES string of the molecule is Cc1cc(OC/C=C(\c2ccc(CCCN(C)C)cc2)c2ccc(C(F)(F)F)cc2)ccc1OCC(=O)O. The van der Waals surface area contributed by atoms with Gasteiger partial charge < -0.3 is 19.5 Å². The van der Waals surface area contributed by atoms with Gasteiger partial charge in [-0.05, 0) is 105 Å². The molecule has 0 saturated carbocycles. The van der Waals surface area contributed by atoms with Crippen molar-refractivity contribution in [2.24, 2.45) is 0 Å². The van der Waals surface area contributed by atoms with Gasteiger partial charge in [-0.2, -0.15) is 13.2 Å². The van der Waals surface area contributed by atoms with Crippen LogP contribution in [0.1, 0.15) is 34.2 Å². The molecule has 0 aliphatic heterocycles. The third-order valence-corrected chi connectivity index (χ3v) is 5.89. The van der Waals surface area contributed by atoms with Gasteiger partial charge >= 0.3 is 12.1 Å². The van der Waals surface area contributed by atoms with E-state index in [4.69, 9.17) is 14.6 Å². The summed E-state index contributed by atoms with van der Waals surface area (Å²) in [6.45, 7) is 2.51. The molecule has 0 bridgehead atoms. The summed E-state index contributed by atoms with van der Waals surface area (Å²) in [6.07, 6.45) is -0.598. The first kappa shape index (κ1) is 28.8. The third-order valence-electron chi connectivity index (χ3n) is 5.89. The molecule has 0 atom stereocenters. The van der Waals surface area contributed by atoms with Gasteiger partial charge in [-0.3, -0.25) is 0 Å². The first-order valence-electron chi connectivity index (χ1n) is 12.2. The molecule has 3 aromatic rings. The summed E-state index contributed by atoms with van der Waals surface area (Å²) in [7, 11) is 4.07. The van der Waals surface area contributed by atoms with Crippen molar-refractivity contribution in [3.8, 4) is 11.5 Å². The minimum Gasteiger partial charge on any atom is -0.489 e. The molecule has 1 N–H and O–H groups in total. The molecule has 0 aromatic heterocycles. The Kier molecular flexibility index (Phi) is 9.96. The monoisotopic (exact) mass is 527 g/mol. The predicted molar refractivity (Wildman–Crippen MR) is 142 cm³/mol. The molecule has 0 spiro atoms. The maximum Gasteiger partial charge on any atom is 0.416 e. The van der Waals surface area contributed by atoms with E-state index in [-0.39, 0.29) is 6.61 Å². The molecule has 0 unspecified atom stereocenters. The first-order valence-corrected chi connectivity index (χ1v) is 12.2. The number of alkyl halides is 3. The number of halogens is 3. The Morgan fingerprint density at radius 3 is 2.13 bits per heavy atom. The lowest BCUT2D eigenvalue weighted by atomic mass is 9.95. The van der Waals surface area contributed by atoms with Gasteiger partial charge in [-0.15, -0.1) is 0 Å². The van der Waals surface area contributed by atoms with Crippen molar-refractivity contribution >= 4 is 11.5 Å². The van der Waals surface area contributed by atoms with E-state index in [0.29, 0.717) is 17.1 Å². The van der Waals surface area contributed by atoms with Crippen molar-refractivity contribution in [2.45, 2.75) is 25.9 Å². The molecule has 0 amide bonds. The molecule has 0 fully saturated rings. The van der Waals surface area contributed by atoms with Crippen LogP contribution in [0.4, 0.5) is 13.2 Å². The summed E-state index contributed by atoms with van der Waals surface area (Å²) in [5.41, 5.74) is 3.50. The van der Waals surface area contributed by atoms with Gasteiger partial charge in [-0.1, -0.05) is 36.4 Å². The summed E-state index contributed by atoms with van der Waals surface area (Å²) >= 11 is 0. The molecule has 0 aliphatic carbocycles. The number of aliphatic carboxylic acids is 1. The molecular weight excluding hydrogens is 495 g/mol. The van der Waals surface area contributed by atoms with Crippen LogP contribution in [0, 0.1) is 6.92 Å². The number of hydrogen-bond donors (Lipinski definition) is 1. The largest absolute Gasteiger partial charge is 0.489 e. The van der Waals surface area contributed by atoms with E-state index in [1.54, 1.807) is 25.1 Å². The highest BCUT2D eigenvalue weighted by Crippen LogP contribution is 2.32. The lowest BCUT2D eigenvalue weighted by Crippen LogP contribution is -2.13. The summed E-state index contributed by atoms with van der Waals surface area (Å²) < 4.78 is 50.4. The van der Waals surface area contributed by atoms with Crippen molar-refractivity contribution < 1.29 is 32.5 Å².